The lowest BCUT2D eigenvalue weighted by atomic mass is 10.2. The number of ether oxygens (including phenoxy) is 1. The first-order valence-corrected chi connectivity index (χ1v) is 5.40. The fourth-order valence-electron chi connectivity index (χ4n) is 0.668. The summed E-state index contributed by atoms with van der Waals surface area (Å²) in [5, 5.41) is 8.39. The van der Waals surface area contributed by atoms with E-state index in [1.54, 1.807) is 0 Å². The maximum absolute atomic E-state index is 11.0. The number of carboxylic acid groups (broad SMARTS) is 1. The molecule has 0 fully saturated rings. The standard InChI is InChI=1S/C7H10Br2O4/c1-13-7(12)6(9)4(8)2-3-5(10)11/h4,6H,2-3H2,1H3,(H,10,11). The van der Waals surface area contributed by atoms with E-state index in [1.807, 2.05) is 0 Å². The van der Waals surface area contributed by atoms with Crippen LogP contribution in [0.25, 0.3) is 0 Å². The quantitative estimate of drug-likeness (QED) is 0.617. The van der Waals surface area contributed by atoms with Crippen LogP contribution >= 0.6 is 31.9 Å². The number of methoxy groups -OCH3 is 1. The number of halogens is 2. The number of rotatable bonds is 5. The van der Waals surface area contributed by atoms with Gasteiger partial charge in [-0.3, -0.25) is 9.59 Å². The molecule has 0 heterocycles. The number of aliphatic carboxylic acids is 1. The minimum Gasteiger partial charge on any atom is -0.481 e. The molecule has 0 aromatic carbocycles. The van der Waals surface area contributed by atoms with Crippen LogP contribution in [0.15, 0.2) is 0 Å². The number of hydrogen-bond donors (Lipinski definition) is 1. The topological polar surface area (TPSA) is 63.6 Å². The number of hydrogen-bond acceptors (Lipinski definition) is 3. The highest BCUT2D eigenvalue weighted by molar-refractivity contribution is 9.12. The van der Waals surface area contributed by atoms with E-state index in [0.717, 1.165) is 0 Å². The van der Waals surface area contributed by atoms with E-state index in [2.05, 4.69) is 36.6 Å². The number of carbonyl (C=O) groups excluding carboxylic acids is 1. The van der Waals surface area contributed by atoms with Gasteiger partial charge in [0, 0.05) is 11.2 Å². The average Bonchev–Trinajstić information content (AvgIpc) is 2.11. The Labute approximate surface area is 92.9 Å². The molecule has 0 aliphatic heterocycles. The Morgan fingerprint density at radius 3 is 2.38 bits per heavy atom. The second-order valence-electron chi connectivity index (χ2n) is 2.37. The molecular formula is C7H10Br2O4. The van der Waals surface area contributed by atoms with Crippen LogP contribution in [0.5, 0.6) is 0 Å². The molecule has 6 heteroatoms. The van der Waals surface area contributed by atoms with Crippen molar-refractivity contribution in [3.63, 3.8) is 0 Å². The Balaban J connectivity index is 3.88. The lowest BCUT2D eigenvalue weighted by Crippen LogP contribution is -2.25. The van der Waals surface area contributed by atoms with Gasteiger partial charge in [-0.25, -0.2) is 0 Å². The summed E-state index contributed by atoms with van der Waals surface area (Å²) in [7, 11) is 1.29. The first-order chi connectivity index (χ1) is 5.99. The van der Waals surface area contributed by atoms with Crippen molar-refractivity contribution in [2.24, 2.45) is 0 Å². The van der Waals surface area contributed by atoms with Crippen molar-refractivity contribution in [1.82, 2.24) is 0 Å². The van der Waals surface area contributed by atoms with Crippen LogP contribution < -0.4 is 0 Å². The molecule has 0 radical (unpaired) electrons. The first kappa shape index (κ1) is 12.9. The molecule has 0 aromatic heterocycles. The summed E-state index contributed by atoms with van der Waals surface area (Å²) < 4.78 is 4.48. The summed E-state index contributed by atoms with van der Waals surface area (Å²) in [6.07, 6.45) is 0.398. The molecule has 76 valence electrons. The van der Waals surface area contributed by atoms with Gasteiger partial charge < -0.3 is 9.84 Å². The zero-order valence-electron chi connectivity index (χ0n) is 7.00. The Hall–Kier alpha value is -0.100. The van der Waals surface area contributed by atoms with Crippen LogP contribution in [0, 0.1) is 0 Å². The van der Waals surface area contributed by atoms with Gasteiger partial charge in [0.2, 0.25) is 0 Å². The van der Waals surface area contributed by atoms with Crippen LogP contribution in [-0.2, 0) is 14.3 Å². The molecule has 0 aromatic rings. The predicted molar refractivity (Wildman–Crippen MR) is 54.3 cm³/mol. The molecule has 0 bridgehead atoms. The summed E-state index contributed by atoms with van der Waals surface area (Å²) in [4.78, 5) is 20.4. The van der Waals surface area contributed by atoms with Gasteiger partial charge in [-0.2, -0.15) is 0 Å². The largest absolute Gasteiger partial charge is 0.481 e. The van der Waals surface area contributed by atoms with E-state index in [9.17, 15) is 9.59 Å². The van der Waals surface area contributed by atoms with Gasteiger partial charge in [-0.05, 0) is 6.42 Å². The van der Waals surface area contributed by atoms with E-state index >= 15 is 0 Å². The third kappa shape index (κ3) is 5.25. The minimum absolute atomic E-state index is 0.0228. The summed E-state index contributed by atoms with van der Waals surface area (Å²) in [6.45, 7) is 0. The fraction of sp³-hybridized carbons (Fsp3) is 0.714. The summed E-state index contributed by atoms with van der Waals surface area (Å²) in [5.41, 5.74) is 0. The molecule has 13 heavy (non-hydrogen) atoms. The second-order valence-corrected chi connectivity index (χ2v) is 4.54. The lowest BCUT2D eigenvalue weighted by molar-refractivity contribution is -0.140. The smallest absolute Gasteiger partial charge is 0.320 e. The Bertz CT molecular complexity index is 195. The number of esters is 1. The van der Waals surface area contributed by atoms with Crippen LogP contribution in [0.4, 0.5) is 0 Å². The number of carboxylic acids is 1. The van der Waals surface area contributed by atoms with Gasteiger partial charge in [0.1, 0.15) is 4.83 Å². The molecule has 0 amide bonds. The highest BCUT2D eigenvalue weighted by atomic mass is 79.9. The van der Waals surface area contributed by atoms with Crippen molar-refractivity contribution in [2.75, 3.05) is 7.11 Å². The van der Waals surface area contributed by atoms with Crippen LogP contribution in [0.3, 0.4) is 0 Å². The number of alkyl halides is 2. The molecule has 0 saturated heterocycles. The highest BCUT2D eigenvalue weighted by Crippen LogP contribution is 2.20. The Morgan fingerprint density at radius 1 is 1.46 bits per heavy atom. The van der Waals surface area contributed by atoms with Gasteiger partial charge in [0.05, 0.1) is 7.11 Å². The third-order valence-electron chi connectivity index (χ3n) is 1.38. The number of carbonyl (C=O) groups is 2. The zero-order chi connectivity index (χ0) is 10.4. The molecule has 0 aliphatic rings. The monoisotopic (exact) mass is 316 g/mol. The van der Waals surface area contributed by atoms with Crippen LogP contribution in [0.2, 0.25) is 0 Å². The lowest BCUT2D eigenvalue weighted by Gasteiger charge is -2.12. The molecule has 4 nitrogen and oxygen atoms in total. The second kappa shape index (κ2) is 6.37. The molecule has 0 rings (SSSR count). The van der Waals surface area contributed by atoms with Crippen LogP contribution in [0.1, 0.15) is 12.8 Å². The molecule has 0 saturated carbocycles. The van der Waals surface area contributed by atoms with Gasteiger partial charge in [-0.15, -0.1) is 0 Å². The molecule has 2 atom stereocenters. The fourth-order valence-corrected chi connectivity index (χ4v) is 1.56. The zero-order valence-corrected chi connectivity index (χ0v) is 10.2. The Kier molecular flexibility index (Phi) is 6.32. The Morgan fingerprint density at radius 2 is 2.00 bits per heavy atom. The van der Waals surface area contributed by atoms with Crippen molar-refractivity contribution in [1.29, 1.82) is 0 Å². The maximum atomic E-state index is 11.0. The summed E-state index contributed by atoms with van der Waals surface area (Å²) in [6, 6.07) is 0. The summed E-state index contributed by atoms with van der Waals surface area (Å²) in [5.74, 6) is -1.29. The van der Waals surface area contributed by atoms with Crippen molar-refractivity contribution in [2.45, 2.75) is 22.5 Å². The maximum Gasteiger partial charge on any atom is 0.320 e. The van der Waals surface area contributed by atoms with Crippen molar-refractivity contribution >= 4 is 43.8 Å². The van der Waals surface area contributed by atoms with E-state index < -0.39 is 16.8 Å². The van der Waals surface area contributed by atoms with Gasteiger partial charge in [-0.1, -0.05) is 31.9 Å². The normalized spacial score (nSPS) is 14.7. The van der Waals surface area contributed by atoms with Gasteiger partial charge in [0.15, 0.2) is 0 Å². The SMILES string of the molecule is COC(=O)C(Br)C(Br)CCC(=O)O. The van der Waals surface area contributed by atoms with Gasteiger partial charge >= 0.3 is 11.9 Å². The highest BCUT2D eigenvalue weighted by Gasteiger charge is 2.24. The minimum atomic E-state index is -0.881. The average molecular weight is 318 g/mol. The molecule has 0 spiro atoms. The van der Waals surface area contributed by atoms with E-state index in [4.69, 9.17) is 5.11 Å². The van der Waals surface area contributed by atoms with Crippen molar-refractivity contribution in [3.8, 4) is 0 Å². The van der Waals surface area contributed by atoms with Crippen LogP contribution in [-0.4, -0.2) is 33.8 Å². The van der Waals surface area contributed by atoms with Gasteiger partial charge in [0.25, 0.3) is 0 Å². The molecule has 0 aliphatic carbocycles. The molecule has 1 N–H and O–H groups in total. The van der Waals surface area contributed by atoms with E-state index in [-0.39, 0.29) is 11.2 Å². The molecule has 2 unspecified atom stereocenters. The van der Waals surface area contributed by atoms with Crippen molar-refractivity contribution < 1.29 is 19.4 Å². The van der Waals surface area contributed by atoms with E-state index in [0.29, 0.717) is 6.42 Å². The van der Waals surface area contributed by atoms with Crippen molar-refractivity contribution in [3.05, 3.63) is 0 Å². The molecular weight excluding hydrogens is 308 g/mol. The third-order valence-corrected chi connectivity index (χ3v) is 4.09. The van der Waals surface area contributed by atoms with E-state index in [1.165, 1.54) is 7.11 Å². The predicted octanol–water partition coefficient (Wildman–Crippen LogP) is 1.55. The first-order valence-electron chi connectivity index (χ1n) is 3.56. The summed E-state index contributed by atoms with van der Waals surface area (Å²) >= 11 is 6.31.